The van der Waals surface area contributed by atoms with Gasteiger partial charge in [-0.3, -0.25) is 9.69 Å². The molecule has 1 aliphatic heterocycles. The number of benzene rings is 1. The molecule has 1 aromatic heterocycles. The molecule has 0 radical (unpaired) electrons. The highest BCUT2D eigenvalue weighted by molar-refractivity contribution is 7.04. The highest BCUT2D eigenvalue weighted by Gasteiger charge is 2.25. The van der Waals surface area contributed by atoms with Gasteiger partial charge in [-0.05, 0) is 38.5 Å². The fourth-order valence-corrected chi connectivity index (χ4v) is 3.57. The number of piperazine rings is 1. The zero-order chi connectivity index (χ0) is 18.7. The molecule has 0 spiro atoms. The summed E-state index contributed by atoms with van der Waals surface area (Å²) >= 11 is 1.40. The Bertz CT molecular complexity index is 796. The smallest absolute Gasteiger partial charge is 0.410 e. The van der Waals surface area contributed by atoms with E-state index in [9.17, 15) is 9.59 Å². The Hall–Kier alpha value is -2.12. The molecule has 7 heteroatoms. The van der Waals surface area contributed by atoms with Gasteiger partial charge in [0.25, 0.3) is 5.56 Å². The number of ether oxygens (including phenoxy) is 1. The van der Waals surface area contributed by atoms with Gasteiger partial charge in [0, 0.05) is 44.2 Å². The van der Waals surface area contributed by atoms with Crippen molar-refractivity contribution < 1.29 is 9.53 Å². The second kappa shape index (κ2) is 7.63. The topological polar surface area (TPSA) is 54.8 Å². The molecule has 3 rings (SSSR count). The number of nitrogens with zero attached hydrogens (tertiary/aromatic N) is 3. The average Bonchev–Trinajstić information content (AvgIpc) is 3.01. The predicted octanol–water partition coefficient (Wildman–Crippen LogP) is 2.95. The monoisotopic (exact) mass is 375 g/mol. The number of carbonyl (C=O) groups excluding carboxylic acids is 1. The summed E-state index contributed by atoms with van der Waals surface area (Å²) < 4.78 is 7.10. The van der Waals surface area contributed by atoms with Crippen LogP contribution < -0.4 is 5.56 Å². The van der Waals surface area contributed by atoms with Crippen LogP contribution >= 0.6 is 11.5 Å². The Balaban J connectivity index is 1.53. The molecule has 26 heavy (non-hydrogen) atoms. The van der Waals surface area contributed by atoms with Crippen molar-refractivity contribution in [3.05, 3.63) is 51.6 Å². The van der Waals surface area contributed by atoms with Crippen LogP contribution in [0.25, 0.3) is 5.69 Å². The SMILES string of the molecule is CC(C)(C)OC(=O)N1CCN(Cc2ccc(-n3sccc3=O)cc2)CC1. The number of aromatic nitrogens is 1. The van der Waals surface area contributed by atoms with Crippen molar-refractivity contribution in [3.8, 4) is 5.69 Å². The van der Waals surface area contributed by atoms with E-state index in [-0.39, 0.29) is 11.7 Å². The summed E-state index contributed by atoms with van der Waals surface area (Å²) in [6.45, 7) is 9.49. The van der Waals surface area contributed by atoms with Crippen LogP contribution in [0.2, 0.25) is 0 Å². The molecule has 0 bridgehead atoms. The maximum Gasteiger partial charge on any atom is 0.410 e. The molecule has 0 saturated carbocycles. The van der Waals surface area contributed by atoms with Crippen LogP contribution in [0.15, 0.2) is 40.5 Å². The van der Waals surface area contributed by atoms with Gasteiger partial charge < -0.3 is 9.64 Å². The standard InChI is InChI=1S/C19H25N3O3S/c1-19(2,3)25-18(24)21-11-9-20(10-12-21)14-15-4-6-16(7-5-15)22-17(23)8-13-26-22/h4-8,13H,9-12,14H2,1-3H3. The van der Waals surface area contributed by atoms with Crippen LogP contribution in [0.5, 0.6) is 0 Å². The first kappa shape index (κ1) is 18.7. The molecule has 0 unspecified atom stereocenters. The Morgan fingerprint density at radius 3 is 2.27 bits per heavy atom. The van der Waals surface area contributed by atoms with Crippen LogP contribution in [0.1, 0.15) is 26.3 Å². The number of hydrogen-bond acceptors (Lipinski definition) is 5. The van der Waals surface area contributed by atoms with Gasteiger partial charge in [0.2, 0.25) is 0 Å². The largest absolute Gasteiger partial charge is 0.444 e. The molecule has 0 aliphatic carbocycles. The minimum atomic E-state index is -0.458. The zero-order valence-corrected chi connectivity index (χ0v) is 16.3. The Labute approximate surface area is 157 Å². The van der Waals surface area contributed by atoms with Crippen LogP contribution in [0, 0.1) is 0 Å². The predicted molar refractivity (Wildman–Crippen MR) is 103 cm³/mol. The molecule has 1 amide bonds. The van der Waals surface area contributed by atoms with Crippen molar-refractivity contribution in [3.63, 3.8) is 0 Å². The maximum absolute atomic E-state index is 12.1. The van der Waals surface area contributed by atoms with Gasteiger partial charge in [-0.2, -0.15) is 0 Å². The third kappa shape index (κ3) is 4.74. The number of hydrogen-bond donors (Lipinski definition) is 0. The molecule has 2 heterocycles. The van der Waals surface area contributed by atoms with E-state index >= 15 is 0 Å². The van der Waals surface area contributed by atoms with E-state index < -0.39 is 5.60 Å². The lowest BCUT2D eigenvalue weighted by molar-refractivity contribution is 0.0139. The summed E-state index contributed by atoms with van der Waals surface area (Å²) in [6, 6.07) is 9.64. The molecule has 0 N–H and O–H groups in total. The zero-order valence-electron chi connectivity index (χ0n) is 15.5. The van der Waals surface area contributed by atoms with E-state index in [1.54, 1.807) is 20.3 Å². The molecule has 0 atom stereocenters. The van der Waals surface area contributed by atoms with Gasteiger partial charge in [-0.25, -0.2) is 8.75 Å². The number of carbonyl (C=O) groups is 1. The normalized spacial score (nSPS) is 15.9. The summed E-state index contributed by atoms with van der Waals surface area (Å²) in [7, 11) is 0. The molecule has 140 valence electrons. The van der Waals surface area contributed by atoms with Crippen molar-refractivity contribution in [2.24, 2.45) is 0 Å². The van der Waals surface area contributed by atoms with Gasteiger partial charge in [-0.15, -0.1) is 0 Å². The average molecular weight is 375 g/mol. The van der Waals surface area contributed by atoms with E-state index in [2.05, 4.69) is 17.0 Å². The molecule has 6 nitrogen and oxygen atoms in total. The van der Waals surface area contributed by atoms with Crippen LogP contribution in [-0.2, 0) is 11.3 Å². The molecule has 1 fully saturated rings. The number of amides is 1. The first-order valence-electron chi connectivity index (χ1n) is 8.78. The van der Waals surface area contributed by atoms with E-state index in [1.807, 2.05) is 32.9 Å². The summed E-state index contributed by atoms with van der Waals surface area (Å²) in [4.78, 5) is 27.9. The molecular formula is C19H25N3O3S. The molecular weight excluding hydrogens is 350 g/mol. The van der Waals surface area contributed by atoms with Gasteiger partial charge >= 0.3 is 6.09 Å². The number of rotatable bonds is 3. The van der Waals surface area contributed by atoms with Crippen LogP contribution in [0.4, 0.5) is 4.79 Å². The molecule has 1 aromatic carbocycles. The second-order valence-electron chi connectivity index (χ2n) is 7.45. The van der Waals surface area contributed by atoms with Crippen molar-refractivity contribution >= 4 is 17.6 Å². The third-order valence-corrected chi connectivity index (χ3v) is 5.04. The second-order valence-corrected chi connectivity index (χ2v) is 8.30. The first-order chi connectivity index (χ1) is 12.3. The molecule has 1 aliphatic rings. The minimum absolute atomic E-state index is 0.000940. The lowest BCUT2D eigenvalue weighted by Gasteiger charge is -2.35. The Morgan fingerprint density at radius 2 is 1.73 bits per heavy atom. The molecule has 1 saturated heterocycles. The highest BCUT2D eigenvalue weighted by atomic mass is 32.1. The van der Waals surface area contributed by atoms with E-state index in [0.29, 0.717) is 13.1 Å². The summed E-state index contributed by atoms with van der Waals surface area (Å²) in [6.07, 6.45) is -0.233. The maximum atomic E-state index is 12.1. The summed E-state index contributed by atoms with van der Waals surface area (Å²) in [5.41, 5.74) is 1.63. The lowest BCUT2D eigenvalue weighted by atomic mass is 10.2. The van der Waals surface area contributed by atoms with Crippen molar-refractivity contribution in [2.75, 3.05) is 26.2 Å². The Morgan fingerprint density at radius 1 is 1.08 bits per heavy atom. The van der Waals surface area contributed by atoms with Gasteiger partial charge in [-0.1, -0.05) is 23.7 Å². The van der Waals surface area contributed by atoms with E-state index in [4.69, 9.17) is 4.74 Å². The Kier molecular flexibility index (Phi) is 5.48. The third-order valence-electron chi connectivity index (χ3n) is 4.18. The van der Waals surface area contributed by atoms with Crippen LogP contribution in [-0.4, -0.2) is 51.6 Å². The van der Waals surface area contributed by atoms with Crippen molar-refractivity contribution in [1.29, 1.82) is 0 Å². The van der Waals surface area contributed by atoms with E-state index in [1.165, 1.54) is 17.1 Å². The van der Waals surface area contributed by atoms with Gasteiger partial charge in [0.05, 0.1) is 5.69 Å². The fraction of sp³-hybridized carbons (Fsp3) is 0.474. The highest BCUT2D eigenvalue weighted by Crippen LogP contribution is 2.15. The minimum Gasteiger partial charge on any atom is -0.444 e. The van der Waals surface area contributed by atoms with Crippen molar-refractivity contribution in [2.45, 2.75) is 32.9 Å². The van der Waals surface area contributed by atoms with Gasteiger partial charge in [0.15, 0.2) is 0 Å². The van der Waals surface area contributed by atoms with Crippen molar-refractivity contribution in [1.82, 2.24) is 13.8 Å². The summed E-state index contributed by atoms with van der Waals surface area (Å²) in [5.74, 6) is 0. The van der Waals surface area contributed by atoms with Crippen LogP contribution in [0.3, 0.4) is 0 Å². The quantitative estimate of drug-likeness (QED) is 0.828. The lowest BCUT2D eigenvalue weighted by Crippen LogP contribution is -2.49. The van der Waals surface area contributed by atoms with E-state index in [0.717, 1.165) is 25.3 Å². The van der Waals surface area contributed by atoms with Gasteiger partial charge in [0.1, 0.15) is 5.60 Å². The first-order valence-corrected chi connectivity index (χ1v) is 9.62. The fourth-order valence-electron chi connectivity index (χ4n) is 2.87. The molecule has 2 aromatic rings. The summed E-state index contributed by atoms with van der Waals surface area (Å²) in [5, 5.41) is 1.79.